The minimum absolute atomic E-state index is 0. The van der Waals surface area contributed by atoms with Crippen molar-refractivity contribution in [2.75, 3.05) is 13.2 Å². The fourth-order valence-corrected chi connectivity index (χ4v) is 5.30. The SMILES string of the molecule is Cl.Cn1cnc(S(=O)(=O)NCCOc2ccc3c(c2)C(Cc2ccccc2Cl)C(N)CC3)c1. The molecule has 1 heterocycles. The molecule has 1 aliphatic rings. The Morgan fingerprint density at radius 2 is 2.06 bits per heavy atom. The van der Waals surface area contributed by atoms with Crippen molar-refractivity contribution >= 4 is 34.0 Å². The predicted octanol–water partition coefficient (Wildman–Crippen LogP) is 3.45. The number of sulfonamides is 1. The lowest BCUT2D eigenvalue weighted by Gasteiger charge is -2.32. The van der Waals surface area contributed by atoms with Crippen LogP contribution in [0.25, 0.3) is 0 Å². The summed E-state index contributed by atoms with van der Waals surface area (Å²) in [5, 5.41) is 0.740. The molecule has 33 heavy (non-hydrogen) atoms. The van der Waals surface area contributed by atoms with Crippen molar-refractivity contribution in [3.05, 3.63) is 76.7 Å². The van der Waals surface area contributed by atoms with Crippen LogP contribution in [0.1, 0.15) is 29.0 Å². The van der Waals surface area contributed by atoms with Crippen LogP contribution >= 0.6 is 24.0 Å². The molecule has 1 aliphatic carbocycles. The lowest BCUT2D eigenvalue weighted by Crippen LogP contribution is -2.34. The van der Waals surface area contributed by atoms with Crippen LogP contribution in [0.5, 0.6) is 5.75 Å². The highest BCUT2D eigenvalue weighted by Gasteiger charge is 2.28. The van der Waals surface area contributed by atoms with Gasteiger partial charge in [0, 0.05) is 36.8 Å². The zero-order valence-corrected chi connectivity index (χ0v) is 20.7. The smallest absolute Gasteiger partial charge is 0.259 e. The van der Waals surface area contributed by atoms with Crippen molar-refractivity contribution in [3.63, 3.8) is 0 Å². The van der Waals surface area contributed by atoms with Crippen molar-refractivity contribution in [1.29, 1.82) is 0 Å². The number of rotatable bonds is 8. The summed E-state index contributed by atoms with van der Waals surface area (Å²) >= 11 is 6.39. The molecule has 2 atom stereocenters. The molecular weight excluding hydrogens is 483 g/mol. The molecule has 178 valence electrons. The predicted molar refractivity (Wildman–Crippen MR) is 132 cm³/mol. The highest BCUT2D eigenvalue weighted by atomic mass is 35.5. The molecule has 10 heteroatoms. The number of nitrogens with two attached hydrogens (primary N) is 1. The van der Waals surface area contributed by atoms with Crippen LogP contribution in [-0.4, -0.2) is 37.2 Å². The Bertz CT molecular complexity index is 1200. The fourth-order valence-electron chi connectivity index (χ4n) is 4.10. The average Bonchev–Trinajstić information content (AvgIpc) is 3.22. The van der Waals surface area contributed by atoms with Crippen LogP contribution < -0.4 is 15.2 Å². The van der Waals surface area contributed by atoms with Gasteiger partial charge in [-0.25, -0.2) is 18.1 Å². The molecule has 0 aliphatic heterocycles. The molecular formula is C23H28Cl2N4O3S. The molecule has 0 radical (unpaired) electrons. The molecule has 3 N–H and O–H groups in total. The second-order valence-corrected chi connectivity index (χ2v) is 10.2. The highest BCUT2D eigenvalue weighted by Crippen LogP contribution is 2.36. The van der Waals surface area contributed by atoms with E-state index in [2.05, 4.69) is 15.8 Å². The van der Waals surface area contributed by atoms with E-state index in [1.165, 1.54) is 23.7 Å². The summed E-state index contributed by atoms with van der Waals surface area (Å²) in [5.74, 6) is 0.837. The number of ether oxygens (including phenoxy) is 1. The van der Waals surface area contributed by atoms with Crippen LogP contribution in [-0.2, 0) is 29.9 Å². The molecule has 0 saturated carbocycles. The molecule has 0 fully saturated rings. The molecule has 0 saturated heterocycles. The molecule has 2 aromatic carbocycles. The third kappa shape index (κ3) is 6.07. The van der Waals surface area contributed by atoms with Gasteiger partial charge < -0.3 is 15.0 Å². The quantitative estimate of drug-likeness (QED) is 0.452. The fraction of sp³-hybridized carbons (Fsp3) is 0.348. The Morgan fingerprint density at radius 3 is 2.79 bits per heavy atom. The first kappa shape index (κ1) is 25.5. The number of nitrogens with one attached hydrogen (secondary N) is 1. The summed E-state index contributed by atoms with van der Waals surface area (Å²) in [5.41, 5.74) is 10.0. The Hall–Kier alpha value is -2.10. The molecule has 7 nitrogen and oxygen atoms in total. The van der Waals surface area contributed by atoms with E-state index in [1.54, 1.807) is 11.6 Å². The zero-order chi connectivity index (χ0) is 22.7. The minimum atomic E-state index is -3.65. The molecule has 4 rings (SSSR count). The van der Waals surface area contributed by atoms with Crippen LogP contribution in [0.15, 0.2) is 60.0 Å². The number of fused-ring (bicyclic) bond motifs is 1. The standard InChI is InChI=1S/C23H27ClN4O3S.ClH/c1-28-14-23(26-15-28)32(29,30)27-10-11-31-18-8-6-16-7-9-22(25)20(19(16)13-18)12-17-4-2-3-5-21(17)24;/h2-6,8,13-15,20,22,27H,7,9-12,25H2,1H3;1H. The van der Waals surface area contributed by atoms with E-state index in [0.717, 1.165) is 29.8 Å². The van der Waals surface area contributed by atoms with E-state index in [1.807, 2.05) is 36.4 Å². The number of nitrogens with zero attached hydrogens (tertiary/aromatic N) is 2. The van der Waals surface area contributed by atoms with Gasteiger partial charge in [-0.3, -0.25) is 0 Å². The maximum Gasteiger partial charge on any atom is 0.259 e. The Morgan fingerprint density at radius 1 is 1.27 bits per heavy atom. The number of imidazole rings is 1. The number of hydrogen-bond donors (Lipinski definition) is 2. The molecule has 3 aromatic rings. The molecule has 0 amide bonds. The van der Waals surface area contributed by atoms with E-state index in [-0.39, 0.29) is 42.5 Å². The Kier molecular flexibility index (Phi) is 8.42. The summed E-state index contributed by atoms with van der Waals surface area (Å²) in [6.45, 7) is 0.338. The largest absolute Gasteiger partial charge is 0.492 e. The average molecular weight is 511 g/mol. The van der Waals surface area contributed by atoms with Crippen molar-refractivity contribution in [1.82, 2.24) is 14.3 Å². The minimum Gasteiger partial charge on any atom is -0.492 e. The number of aromatic nitrogens is 2. The third-order valence-corrected chi connectivity index (χ3v) is 7.51. The van der Waals surface area contributed by atoms with Crippen LogP contribution in [0.4, 0.5) is 0 Å². The van der Waals surface area contributed by atoms with E-state index in [0.29, 0.717) is 5.75 Å². The summed E-state index contributed by atoms with van der Waals surface area (Å²) in [6, 6.07) is 13.9. The summed E-state index contributed by atoms with van der Waals surface area (Å²) < 4.78 is 34.5. The van der Waals surface area contributed by atoms with Crippen molar-refractivity contribution in [3.8, 4) is 5.75 Å². The first-order valence-electron chi connectivity index (χ1n) is 10.6. The molecule has 2 unspecified atom stereocenters. The van der Waals surface area contributed by atoms with Gasteiger partial charge in [-0.15, -0.1) is 12.4 Å². The maximum atomic E-state index is 12.3. The van der Waals surface area contributed by atoms with Gasteiger partial charge in [0.25, 0.3) is 10.0 Å². The second-order valence-electron chi connectivity index (χ2n) is 8.09. The normalized spacial score (nSPS) is 17.8. The number of aryl methyl sites for hydroxylation is 2. The second kappa shape index (κ2) is 10.9. The monoisotopic (exact) mass is 510 g/mol. The van der Waals surface area contributed by atoms with E-state index >= 15 is 0 Å². The lowest BCUT2D eigenvalue weighted by molar-refractivity contribution is 0.321. The van der Waals surface area contributed by atoms with Gasteiger partial charge in [0.05, 0.1) is 6.33 Å². The summed E-state index contributed by atoms with van der Waals surface area (Å²) in [7, 11) is -1.94. The van der Waals surface area contributed by atoms with Gasteiger partial charge in [-0.2, -0.15) is 0 Å². The van der Waals surface area contributed by atoms with Gasteiger partial charge in [-0.1, -0.05) is 35.9 Å². The zero-order valence-electron chi connectivity index (χ0n) is 18.3. The van der Waals surface area contributed by atoms with Crippen molar-refractivity contribution in [2.24, 2.45) is 12.8 Å². The van der Waals surface area contributed by atoms with E-state index in [9.17, 15) is 8.42 Å². The highest BCUT2D eigenvalue weighted by molar-refractivity contribution is 7.89. The number of benzene rings is 2. The Labute approximate surface area is 205 Å². The van der Waals surface area contributed by atoms with Gasteiger partial charge >= 0.3 is 0 Å². The van der Waals surface area contributed by atoms with Gasteiger partial charge in [0.2, 0.25) is 0 Å². The first-order valence-corrected chi connectivity index (χ1v) is 12.4. The molecule has 0 spiro atoms. The van der Waals surface area contributed by atoms with Crippen molar-refractivity contribution in [2.45, 2.75) is 36.2 Å². The lowest BCUT2D eigenvalue weighted by atomic mass is 9.76. The van der Waals surface area contributed by atoms with Crippen LogP contribution in [0, 0.1) is 0 Å². The Balaban J connectivity index is 0.00000306. The summed E-state index contributed by atoms with van der Waals surface area (Å²) in [6.07, 6.45) is 5.52. The third-order valence-electron chi connectivity index (χ3n) is 5.80. The number of hydrogen-bond acceptors (Lipinski definition) is 5. The molecule has 1 aromatic heterocycles. The maximum absolute atomic E-state index is 12.3. The molecule has 0 bridgehead atoms. The van der Waals surface area contributed by atoms with Crippen LogP contribution in [0.3, 0.4) is 0 Å². The van der Waals surface area contributed by atoms with E-state index in [4.69, 9.17) is 22.1 Å². The summed E-state index contributed by atoms with van der Waals surface area (Å²) in [4.78, 5) is 3.88. The van der Waals surface area contributed by atoms with Gasteiger partial charge in [-0.05, 0) is 54.2 Å². The van der Waals surface area contributed by atoms with Gasteiger partial charge in [0.15, 0.2) is 5.03 Å². The van der Waals surface area contributed by atoms with E-state index < -0.39 is 10.0 Å². The number of halogens is 2. The van der Waals surface area contributed by atoms with Gasteiger partial charge in [0.1, 0.15) is 12.4 Å². The topological polar surface area (TPSA) is 99.2 Å². The van der Waals surface area contributed by atoms with Crippen LogP contribution in [0.2, 0.25) is 5.02 Å². The van der Waals surface area contributed by atoms with Crippen molar-refractivity contribution < 1.29 is 13.2 Å². The first-order chi connectivity index (χ1) is 15.3.